The molecule has 5 heterocycles. The Hall–Kier alpha value is -2.60. The molecule has 0 aromatic carbocycles. The number of rotatable bonds is 6. The number of pyridine rings is 1. The minimum absolute atomic E-state index is 0.138. The molecule has 0 saturated carbocycles. The van der Waals surface area contributed by atoms with Gasteiger partial charge in [0.15, 0.2) is 11.6 Å². The second kappa shape index (κ2) is 8.98. The maximum atomic E-state index is 11.9. The number of aromatic amines is 1. The molecule has 4 aromatic rings. The van der Waals surface area contributed by atoms with Crippen molar-refractivity contribution in [3.05, 3.63) is 35.5 Å². The summed E-state index contributed by atoms with van der Waals surface area (Å²) in [7, 11) is -2.70. The van der Waals surface area contributed by atoms with Gasteiger partial charge in [-0.3, -0.25) is 0 Å². The number of hydrogen-bond donors (Lipinski definition) is 2. The second-order valence-corrected chi connectivity index (χ2v) is 10.3. The summed E-state index contributed by atoms with van der Waals surface area (Å²) in [6, 6.07) is 3.92. The maximum absolute atomic E-state index is 11.9. The Morgan fingerprint density at radius 2 is 2.18 bits per heavy atom. The van der Waals surface area contributed by atoms with Crippen LogP contribution in [0.3, 0.4) is 0 Å². The number of anilines is 1. The first kappa shape index (κ1) is 22.2. The SMILES string of the molecule is CC(C)N(Cc1csc2c(N3CCOC[C@H]3C)nc(-c3ccnc4[nH]ccc34)nc12)[SH](=O)=O. The van der Waals surface area contributed by atoms with E-state index in [-0.39, 0.29) is 18.6 Å². The predicted molar refractivity (Wildman–Crippen MR) is 131 cm³/mol. The number of hydrogen-bond acceptors (Lipinski definition) is 8. The van der Waals surface area contributed by atoms with Crippen molar-refractivity contribution in [3.8, 4) is 11.4 Å². The van der Waals surface area contributed by atoms with Crippen LogP contribution in [0.4, 0.5) is 5.82 Å². The van der Waals surface area contributed by atoms with Gasteiger partial charge < -0.3 is 14.6 Å². The number of thiophene rings is 1. The Morgan fingerprint density at radius 1 is 1.33 bits per heavy atom. The number of aromatic nitrogens is 4. The number of H-pyrrole nitrogens is 1. The molecule has 1 N–H and O–H groups in total. The number of fused-ring (bicyclic) bond motifs is 2. The Morgan fingerprint density at radius 3 is 2.94 bits per heavy atom. The lowest BCUT2D eigenvalue weighted by molar-refractivity contribution is 0.0987. The third-order valence-corrected chi connectivity index (χ3v) is 7.99. The summed E-state index contributed by atoms with van der Waals surface area (Å²) >= 11 is 1.56. The van der Waals surface area contributed by atoms with Gasteiger partial charge in [-0.25, -0.2) is 23.4 Å². The molecule has 1 fully saturated rings. The van der Waals surface area contributed by atoms with Gasteiger partial charge in [0.2, 0.25) is 10.9 Å². The van der Waals surface area contributed by atoms with E-state index in [0.29, 0.717) is 19.0 Å². The van der Waals surface area contributed by atoms with E-state index >= 15 is 0 Å². The number of nitrogens with one attached hydrogen (secondary N) is 1. The van der Waals surface area contributed by atoms with Crippen molar-refractivity contribution < 1.29 is 13.2 Å². The van der Waals surface area contributed by atoms with Crippen LogP contribution in [0.2, 0.25) is 0 Å². The molecule has 5 rings (SSSR count). The standard InChI is InChI=1S/C22H26N6O3S2/c1-13(2)28(33(29)30)10-15-12-32-19-18(15)25-21(17-5-7-24-20-16(17)4-6-23-20)26-22(19)27-8-9-31-11-14(27)3/h4-7,12-14,33H,8-11H2,1-3H3,(H,23,24)/t14-/m1/s1. The van der Waals surface area contributed by atoms with E-state index in [9.17, 15) is 8.42 Å². The molecular formula is C22H26N6O3S2. The molecule has 0 radical (unpaired) electrons. The van der Waals surface area contributed by atoms with Crippen LogP contribution in [0.1, 0.15) is 26.3 Å². The summed E-state index contributed by atoms with van der Waals surface area (Å²) in [5.74, 6) is 1.47. The van der Waals surface area contributed by atoms with Crippen molar-refractivity contribution in [1.29, 1.82) is 0 Å². The minimum atomic E-state index is -2.70. The Bertz CT molecular complexity index is 1370. The maximum Gasteiger partial charge on any atom is 0.204 e. The van der Waals surface area contributed by atoms with Crippen molar-refractivity contribution in [2.45, 2.75) is 39.4 Å². The Kier molecular flexibility index (Phi) is 6.04. The first-order chi connectivity index (χ1) is 15.9. The third kappa shape index (κ3) is 4.10. The van der Waals surface area contributed by atoms with E-state index < -0.39 is 10.9 Å². The van der Waals surface area contributed by atoms with Gasteiger partial charge >= 0.3 is 0 Å². The highest BCUT2D eigenvalue weighted by atomic mass is 32.2. The zero-order valence-corrected chi connectivity index (χ0v) is 20.4. The van der Waals surface area contributed by atoms with Crippen molar-refractivity contribution in [2.75, 3.05) is 24.7 Å². The minimum Gasteiger partial charge on any atom is -0.377 e. The summed E-state index contributed by atoms with van der Waals surface area (Å²) in [5.41, 5.74) is 3.34. The Labute approximate surface area is 197 Å². The van der Waals surface area contributed by atoms with Gasteiger partial charge in [0.05, 0.1) is 29.5 Å². The highest BCUT2D eigenvalue weighted by molar-refractivity contribution is 7.69. The van der Waals surface area contributed by atoms with Crippen LogP contribution in [0.15, 0.2) is 29.9 Å². The quantitative estimate of drug-likeness (QED) is 0.403. The van der Waals surface area contributed by atoms with Gasteiger partial charge in [0.25, 0.3) is 0 Å². The van der Waals surface area contributed by atoms with Gasteiger partial charge in [0.1, 0.15) is 5.65 Å². The normalized spacial score (nSPS) is 17.3. The van der Waals surface area contributed by atoms with E-state index in [1.54, 1.807) is 17.5 Å². The largest absolute Gasteiger partial charge is 0.377 e. The van der Waals surface area contributed by atoms with Crippen LogP contribution >= 0.6 is 11.3 Å². The van der Waals surface area contributed by atoms with E-state index in [0.717, 1.165) is 44.7 Å². The molecule has 0 amide bonds. The van der Waals surface area contributed by atoms with Crippen LogP contribution < -0.4 is 4.90 Å². The fourth-order valence-corrected chi connectivity index (χ4v) is 5.83. The molecule has 4 aromatic heterocycles. The van der Waals surface area contributed by atoms with Gasteiger partial charge in [0, 0.05) is 48.0 Å². The first-order valence-electron chi connectivity index (χ1n) is 10.9. The van der Waals surface area contributed by atoms with E-state index in [2.05, 4.69) is 21.8 Å². The van der Waals surface area contributed by atoms with Crippen molar-refractivity contribution in [3.63, 3.8) is 0 Å². The molecule has 9 nitrogen and oxygen atoms in total. The van der Waals surface area contributed by atoms with Gasteiger partial charge in [-0.2, -0.15) is 4.31 Å². The number of thiol groups is 1. The van der Waals surface area contributed by atoms with E-state index in [1.807, 2.05) is 37.6 Å². The van der Waals surface area contributed by atoms with Crippen LogP contribution in [-0.2, 0) is 22.2 Å². The zero-order chi connectivity index (χ0) is 23.1. The van der Waals surface area contributed by atoms with Crippen molar-refractivity contribution in [1.82, 2.24) is 24.2 Å². The molecule has 174 valence electrons. The van der Waals surface area contributed by atoms with Crippen LogP contribution in [-0.4, -0.2) is 64.5 Å². The molecule has 1 saturated heterocycles. The first-order valence-corrected chi connectivity index (χ1v) is 12.9. The lowest BCUT2D eigenvalue weighted by Gasteiger charge is -2.34. The van der Waals surface area contributed by atoms with Gasteiger partial charge in [-0.1, -0.05) is 0 Å². The molecular weight excluding hydrogens is 460 g/mol. The molecule has 0 aliphatic carbocycles. The predicted octanol–water partition coefficient (Wildman–Crippen LogP) is 3.20. The fraction of sp³-hybridized carbons (Fsp3) is 0.409. The van der Waals surface area contributed by atoms with Crippen LogP contribution in [0.25, 0.3) is 32.6 Å². The smallest absolute Gasteiger partial charge is 0.204 e. The van der Waals surface area contributed by atoms with Gasteiger partial charge in [-0.05, 0) is 38.3 Å². The Balaban J connectivity index is 1.71. The molecule has 1 aliphatic heterocycles. The lowest BCUT2D eigenvalue weighted by atomic mass is 10.1. The number of ether oxygens (including phenoxy) is 1. The average molecular weight is 487 g/mol. The highest BCUT2D eigenvalue weighted by Gasteiger charge is 2.26. The van der Waals surface area contributed by atoms with Crippen LogP contribution in [0, 0.1) is 0 Å². The van der Waals surface area contributed by atoms with Crippen molar-refractivity contribution in [2.24, 2.45) is 0 Å². The number of nitrogens with zero attached hydrogens (tertiary/aromatic N) is 5. The summed E-state index contributed by atoms with van der Waals surface area (Å²) in [5, 5.41) is 2.95. The third-order valence-electron chi connectivity index (χ3n) is 5.95. The summed E-state index contributed by atoms with van der Waals surface area (Å²) in [4.78, 5) is 19.8. The monoisotopic (exact) mass is 486 g/mol. The van der Waals surface area contributed by atoms with Gasteiger partial charge in [-0.15, -0.1) is 11.3 Å². The van der Waals surface area contributed by atoms with E-state index in [1.165, 1.54) is 4.31 Å². The molecule has 33 heavy (non-hydrogen) atoms. The zero-order valence-electron chi connectivity index (χ0n) is 18.7. The van der Waals surface area contributed by atoms with E-state index in [4.69, 9.17) is 14.7 Å². The topological polar surface area (TPSA) is 104 Å². The molecule has 0 unspecified atom stereocenters. The highest BCUT2D eigenvalue weighted by Crippen LogP contribution is 2.37. The number of morpholine rings is 1. The molecule has 1 atom stereocenters. The molecule has 1 aliphatic rings. The van der Waals surface area contributed by atoms with Crippen molar-refractivity contribution >= 4 is 49.3 Å². The molecule has 0 bridgehead atoms. The molecule has 11 heteroatoms. The lowest BCUT2D eigenvalue weighted by Crippen LogP contribution is -2.44. The second-order valence-electron chi connectivity index (χ2n) is 8.45. The summed E-state index contributed by atoms with van der Waals surface area (Å²) in [6.45, 7) is 8.16. The fourth-order valence-electron chi connectivity index (χ4n) is 4.18. The average Bonchev–Trinajstić information content (AvgIpc) is 3.43. The molecule has 0 spiro atoms. The summed E-state index contributed by atoms with van der Waals surface area (Å²) < 4.78 is 31.8. The summed E-state index contributed by atoms with van der Waals surface area (Å²) in [6.07, 6.45) is 3.60. The van der Waals surface area contributed by atoms with Crippen LogP contribution in [0.5, 0.6) is 0 Å².